The van der Waals surface area contributed by atoms with Crippen LogP contribution in [0.3, 0.4) is 0 Å². The van der Waals surface area contributed by atoms with Gasteiger partial charge in [0.1, 0.15) is 5.75 Å². The van der Waals surface area contributed by atoms with Gasteiger partial charge in [0, 0.05) is 31.2 Å². The summed E-state index contributed by atoms with van der Waals surface area (Å²) < 4.78 is 30.3. The van der Waals surface area contributed by atoms with E-state index >= 15 is 0 Å². The lowest BCUT2D eigenvalue weighted by Crippen LogP contribution is -2.54. The van der Waals surface area contributed by atoms with Crippen LogP contribution in [-0.2, 0) is 19.6 Å². The molecule has 1 unspecified atom stereocenters. The predicted molar refractivity (Wildman–Crippen MR) is 96.1 cm³/mol. The molecule has 9 nitrogen and oxygen atoms in total. The number of carbonyl (C=O) groups is 2. The van der Waals surface area contributed by atoms with Crippen LogP contribution in [0.15, 0.2) is 24.3 Å². The van der Waals surface area contributed by atoms with Crippen molar-refractivity contribution in [2.75, 3.05) is 39.0 Å². The van der Waals surface area contributed by atoms with E-state index in [0.29, 0.717) is 10.8 Å². The minimum Gasteiger partial charge on any atom is -0.484 e. The average Bonchev–Trinajstić information content (AvgIpc) is 3.04. The van der Waals surface area contributed by atoms with Gasteiger partial charge in [-0.1, -0.05) is 11.6 Å². The van der Waals surface area contributed by atoms with Gasteiger partial charge in [-0.3, -0.25) is 9.59 Å². The zero-order chi connectivity index (χ0) is 19.3. The number of sulfonamides is 1. The summed E-state index contributed by atoms with van der Waals surface area (Å²) in [7, 11) is -3.67. The van der Waals surface area contributed by atoms with Gasteiger partial charge >= 0.3 is 0 Å². The Morgan fingerprint density at radius 3 is 2.54 bits per heavy atom. The van der Waals surface area contributed by atoms with E-state index in [0.717, 1.165) is 10.6 Å². The molecule has 3 N–H and O–H groups in total. The number of benzene rings is 1. The quantitative estimate of drug-likeness (QED) is 0.615. The van der Waals surface area contributed by atoms with Gasteiger partial charge in [0.15, 0.2) is 12.8 Å². The highest BCUT2D eigenvalue weighted by atomic mass is 35.5. The zero-order valence-corrected chi connectivity index (χ0v) is 15.8. The Morgan fingerprint density at radius 1 is 1.31 bits per heavy atom. The molecule has 1 aliphatic heterocycles. The van der Waals surface area contributed by atoms with Gasteiger partial charge in [-0.25, -0.2) is 8.42 Å². The summed E-state index contributed by atoms with van der Waals surface area (Å²) in [6.45, 7) is 0.171. The molecule has 2 rings (SSSR count). The fourth-order valence-corrected chi connectivity index (χ4v) is 3.64. The van der Waals surface area contributed by atoms with E-state index in [9.17, 15) is 18.0 Å². The van der Waals surface area contributed by atoms with E-state index in [1.165, 1.54) is 4.90 Å². The zero-order valence-electron chi connectivity index (χ0n) is 14.2. The predicted octanol–water partition coefficient (Wildman–Crippen LogP) is -0.776. The number of ether oxygens (including phenoxy) is 1. The van der Waals surface area contributed by atoms with Crippen molar-refractivity contribution >= 4 is 33.4 Å². The van der Waals surface area contributed by atoms with Crippen LogP contribution >= 0.6 is 11.6 Å². The molecule has 0 aromatic heterocycles. The Labute approximate surface area is 157 Å². The number of nitrogens with one attached hydrogen (secondary N) is 1. The Kier molecular flexibility index (Phi) is 6.81. The molecule has 1 atom stereocenters. The number of nitrogens with zero attached hydrogens (tertiary/aromatic N) is 2. The van der Waals surface area contributed by atoms with Crippen molar-refractivity contribution < 1.29 is 22.7 Å². The number of hydrogen-bond donors (Lipinski definition) is 2. The molecular formula is C15H21ClN4O5S. The van der Waals surface area contributed by atoms with Crippen LogP contribution < -0.4 is 15.8 Å². The minimum absolute atomic E-state index is 0.0340. The molecule has 0 bridgehead atoms. The molecule has 0 saturated carbocycles. The van der Waals surface area contributed by atoms with Gasteiger partial charge in [-0.2, -0.15) is 4.31 Å². The lowest BCUT2D eigenvalue weighted by molar-refractivity contribution is -0.142. The highest BCUT2D eigenvalue weighted by Gasteiger charge is 2.44. The van der Waals surface area contributed by atoms with E-state index in [4.69, 9.17) is 22.1 Å². The Bertz CT molecular complexity index is 756. The fraction of sp³-hybridized carbons (Fsp3) is 0.467. The van der Waals surface area contributed by atoms with E-state index in [-0.39, 0.29) is 32.8 Å². The first-order valence-corrected chi connectivity index (χ1v) is 10.1. The fourth-order valence-electron chi connectivity index (χ4n) is 2.53. The van der Waals surface area contributed by atoms with Crippen LogP contribution in [0.5, 0.6) is 5.75 Å². The number of rotatable bonds is 7. The van der Waals surface area contributed by atoms with Crippen LogP contribution in [0.4, 0.5) is 0 Å². The van der Waals surface area contributed by atoms with Crippen molar-refractivity contribution in [3.8, 4) is 5.75 Å². The van der Waals surface area contributed by atoms with Crippen LogP contribution in [0.2, 0.25) is 5.02 Å². The van der Waals surface area contributed by atoms with Crippen LogP contribution in [0.25, 0.3) is 0 Å². The van der Waals surface area contributed by atoms with Gasteiger partial charge in [0.25, 0.3) is 11.8 Å². The maximum Gasteiger partial charge on any atom is 0.262 e. The molecule has 1 heterocycles. The second kappa shape index (κ2) is 8.67. The van der Waals surface area contributed by atoms with Gasteiger partial charge < -0.3 is 20.7 Å². The van der Waals surface area contributed by atoms with Crippen LogP contribution in [-0.4, -0.2) is 74.6 Å². The minimum atomic E-state index is -3.67. The number of hydrogen-bond acceptors (Lipinski definition) is 6. The summed E-state index contributed by atoms with van der Waals surface area (Å²) in [6, 6.07) is 6.44. The van der Waals surface area contributed by atoms with E-state index in [1.807, 2.05) is 0 Å². The van der Waals surface area contributed by atoms with Crippen molar-refractivity contribution in [3.05, 3.63) is 29.3 Å². The van der Waals surface area contributed by atoms with Gasteiger partial charge in [0.2, 0.25) is 10.0 Å². The number of halogens is 1. The third-order valence-corrected chi connectivity index (χ3v) is 5.22. The van der Waals surface area contributed by atoms with Crippen molar-refractivity contribution in [3.63, 3.8) is 0 Å². The van der Waals surface area contributed by atoms with Crippen LogP contribution in [0.1, 0.15) is 0 Å². The molecule has 1 saturated heterocycles. The Balaban J connectivity index is 2.10. The summed E-state index contributed by atoms with van der Waals surface area (Å²) in [5.41, 5.74) is 5.36. The number of amides is 2. The highest BCUT2D eigenvalue weighted by molar-refractivity contribution is 7.88. The molecule has 144 valence electrons. The molecule has 26 heavy (non-hydrogen) atoms. The summed E-state index contributed by atoms with van der Waals surface area (Å²) in [6.07, 6.45) is -0.258. The molecule has 2 amide bonds. The summed E-state index contributed by atoms with van der Waals surface area (Å²) in [5.74, 6) is -0.664. The smallest absolute Gasteiger partial charge is 0.262 e. The largest absolute Gasteiger partial charge is 0.484 e. The maximum atomic E-state index is 12.5. The summed E-state index contributed by atoms with van der Waals surface area (Å²) >= 11 is 5.79. The molecular weight excluding hydrogens is 384 g/mol. The third kappa shape index (κ3) is 5.07. The first-order valence-electron chi connectivity index (χ1n) is 7.86. The van der Waals surface area contributed by atoms with Crippen molar-refractivity contribution in [2.45, 2.75) is 6.17 Å². The molecule has 1 aliphatic rings. The first-order chi connectivity index (χ1) is 12.2. The summed E-state index contributed by atoms with van der Waals surface area (Å²) in [4.78, 5) is 26.0. The molecule has 0 spiro atoms. The standard InChI is InChI=1S/C15H21ClN4O5S/c1-26(23,24)20-9-8-19(15(20)14(22)18-7-6-17)13(21)10-25-12-4-2-11(16)3-5-12/h2-5,15H,6-10,17H2,1H3,(H,18,22). The first kappa shape index (κ1) is 20.4. The van der Waals surface area contributed by atoms with Gasteiger partial charge in [0.05, 0.1) is 6.26 Å². The SMILES string of the molecule is CS(=O)(=O)N1CCN(C(=O)COc2ccc(Cl)cc2)C1C(=O)NCCN. The molecule has 0 radical (unpaired) electrons. The third-order valence-electron chi connectivity index (χ3n) is 3.73. The van der Waals surface area contributed by atoms with Gasteiger partial charge in [-0.05, 0) is 24.3 Å². The van der Waals surface area contributed by atoms with E-state index in [2.05, 4.69) is 5.32 Å². The number of carbonyl (C=O) groups excluding carboxylic acids is 2. The van der Waals surface area contributed by atoms with Crippen molar-refractivity contribution in [1.29, 1.82) is 0 Å². The maximum absolute atomic E-state index is 12.5. The Morgan fingerprint density at radius 2 is 1.96 bits per heavy atom. The Hall–Kier alpha value is -1.88. The average molecular weight is 405 g/mol. The number of nitrogens with two attached hydrogens (primary N) is 1. The molecule has 11 heteroatoms. The molecule has 1 fully saturated rings. The lowest BCUT2D eigenvalue weighted by atomic mass is 10.3. The van der Waals surface area contributed by atoms with E-state index in [1.54, 1.807) is 24.3 Å². The summed E-state index contributed by atoms with van der Waals surface area (Å²) in [5, 5.41) is 3.05. The second-order valence-corrected chi connectivity index (χ2v) is 8.03. The van der Waals surface area contributed by atoms with Gasteiger partial charge in [-0.15, -0.1) is 0 Å². The van der Waals surface area contributed by atoms with Crippen molar-refractivity contribution in [1.82, 2.24) is 14.5 Å². The molecule has 0 aliphatic carbocycles. The lowest BCUT2D eigenvalue weighted by Gasteiger charge is -2.27. The molecule has 1 aromatic rings. The normalized spacial score (nSPS) is 18.0. The molecule has 1 aromatic carbocycles. The topological polar surface area (TPSA) is 122 Å². The van der Waals surface area contributed by atoms with Crippen molar-refractivity contribution in [2.24, 2.45) is 5.73 Å². The van der Waals surface area contributed by atoms with Crippen LogP contribution in [0, 0.1) is 0 Å². The monoisotopic (exact) mass is 404 g/mol. The second-order valence-electron chi connectivity index (χ2n) is 5.66. The van der Waals surface area contributed by atoms with E-state index < -0.39 is 28.0 Å². The highest BCUT2D eigenvalue weighted by Crippen LogP contribution is 2.20.